The second-order valence-corrected chi connectivity index (χ2v) is 13.3. The molecule has 43 heavy (non-hydrogen) atoms. The van der Waals surface area contributed by atoms with Crippen LogP contribution in [0.1, 0.15) is 66.2 Å². The van der Waals surface area contributed by atoms with Crippen LogP contribution in [0.25, 0.3) is 0 Å². The fourth-order valence-corrected chi connectivity index (χ4v) is 7.97. The Morgan fingerprint density at radius 1 is 1.14 bits per heavy atom. The molecule has 1 spiro atoms. The van der Waals surface area contributed by atoms with Crippen LogP contribution in [-0.4, -0.2) is 77.5 Å². The van der Waals surface area contributed by atoms with Gasteiger partial charge in [0.1, 0.15) is 17.5 Å². The van der Waals surface area contributed by atoms with Crippen molar-refractivity contribution in [2.24, 2.45) is 23.7 Å². The van der Waals surface area contributed by atoms with Gasteiger partial charge in [0.2, 0.25) is 17.7 Å². The summed E-state index contributed by atoms with van der Waals surface area (Å²) < 4.78 is 20.2. The van der Waals surface area contributed by atoms with Crippen LogP contribution in [0.2, 0.25) is 5.02 Å². The number of hydrogen-bond acceptors (Lipinski definition) is 5. The van der Waals surface area contributed by atoms with Crippen molar-refractivity contribution in [3.63, 3.8) is 0 Å². The summed E-state index contributed by atoms with van der Waals surface area (Å²) in [5.41, 5.74) is -0.884. The number of ether oxygens (including phenoxy) is 1. The van der Waals surface area contributed by atoms with Crippen molar-refractivity contribution in [1.29, 1.82) is 0 Å². The predicted octanol–water partition coefficient (Wildman–Crippen LogP) is 5.02. The molecule has 0 aromatic heterocycles. The summed E-state index contributed by atoms with van der Waals surface area (Å²) in [5.74, 6) is -2.27. The average molecular weight is 617 g/mol. The van der Waals surface area contributed by atoms with Crippen molar-refractivity contribution in [2.75, 3.05) is 31.5 Å². The number of halogens is 2. The zero-order chi connectivity index (χ0) is 30.9. The molecule has 0 unspecified atom stereocenters. The highest BCUT2D eigenvalue weighted by Gasteiger charge is 2.72. The number of hydrogen-bond donors (Lipinski definition) is 2. The monoisotopic (exact) mass is 616 g/mol. The molecule has 5 rings (SSSR count). The molecule has 10 heteroatoms. The van der Waals surface area contributed by atoms with Gasteiger partial charge in [0.05, 0.1) is 23.0 Å². The summed E-state index contributed by atoms with van der Waals surface area (Å²) in [7, 11) is 0. The van der Waals surface area contributed by atoms with E-state index in [0.717, 1.165) is 51.7 Å². The van der Waals surface area contributed by atoms with Crippen molar-refractivity contribution < 1.29 is 23.5 Å². The zero-order valence-electron chi connectivity index (χ0n) is 25.8. The maximum Gasteiger partial charge on any atom is 0.246 e. The Morgan fingerprint density at radius 3 is 2.58 bits per heavy atom. The second-order valence-electron chi connectivity index (χ2n) is 12.9. The van der Waals surface area contributed by atoms with E-state index < -0.39 is 41.3 Å². The first-order valence-electron chi connectivity index (χ1n) is 16.1. The van der Waals surface area contributed by atoms with Gasteiger partial charge in [-0.15, -0.1) is 0 Å². The van der Waals surface area contributed by atoms with E-state index in [1.54, 1.807) is 4.90 Å². The van der Waals surface area contributed by atoms with Crippen molar-refractivity contribution >= 4 is 35.0 Å². The Hall–Kier alpha value is -2.49. The molecule has 3 fully saturated rings. The van der Waals surface area contributed by atoms with Crippen molar-refractivity contribution in [3.8, 4) is 0 Å². The Balaban J connectivity index is 1.40. The van der Waals surface area contributed by atoms with Gasteiger partial charge >= 0.3 is 0 Å². The summed E-state index contributed by atoms with van der Waals surface area (Å²) >= 11 is 5.94. The number of likely N-dealkylation sites (tertiary alicyclic amines) is 1. The number of nitrogens with zero attached hydrogens (tertiary/aromatic N) is 2. The SMILES string of the molecule is CCCN(CCC)CCCN1C(=O)[C@H]2[C@H](C(=O)Nc3ccc(F)c(Cl)c3)[C@H]3C=C[C@@]2(O3)[C@@H]1C(=O)N[C@@H]1CCC[C@@H](C)[C@@H]1C. The Bertz CT molecular complexity index is 1240. The Morgan fingerprint density at radius 2 is 1.88 bits per heavy atom. The fraction of sp³-hybridized carbons (Fsp3) is 0.667. The molecule has 3 aliphatic heterocycles. The lowest BCUT2D eigenvalue weighted by Gasteiger charge is -2.38. The third-order valence-corrected chi connectivity index (χ3v) is 10.4. The number of amides is 3. The number of carbonyl (C=O) groups is 3. The number of rotatable bonds is 12. The average Bonchev–Trinajstić information content (AvgIpc) is 3.61. The molecular weight excluding hydrogens is 571 g/mol. The molecule has 8 atom stereocenters. The second kappa shape index (κ2) is 13.2. The molecule has 2 bridgehead atoms. The molecule has 0 radical (unpaired) electrons. The van der Waals surface area contributed by atoms with E-state index in [1.807, 2.05) is 12.2 Å². The van der Waals surface area contributed by atoms with Crippen LogP contribution in [0.5, 0.6) is 0 Å². The predicted molar refractivity (Wildman–Crippen MR) is 165 cm³/mol. The van der Waals surface area contributed by atoms with Crippen molar-refractivity contribution in [3.05, 3.63) is 41.2 Å². The molecule has 4 aliphatic rings. The number of nitrogens with one attached hydrogen (secondary N) is 2. The first kappa shape index (κ1) is 31.9. The lowest BCUT2D eigenvalue weighted by molar-refractivity contribution is -0.141. The highest BCUT2D eigenvalue weighted by atomic mass is 35.5. The number of fused-ring (bicyclic) bond motifs is 1. The van der Waals surface area contributed by atoms with Gasteiger partial charge in [0, 0.05) is 18.3 Å². The fourth-order valence-electron chi connectivity index (χ4n) is 7.79. The summed E-state index contributed by atoms with van der Waals surface area (Å²) in [6.07, 6.45) is 8.93. The van der Waals surface area contributed by atoms with E-state index in [2.05, 4.69) is 43.2 Å². The van der Waals surface area contributed by atoms with E-state index in [1.165, 1.54) is 18.2 Å². The molecule has 3 amide bonds. The standard InChI is InChI=1S/C33H46ClFN4O4/c1-5-15-38(16-6-2)17-8-18-39-29(31(41)37-25-10-7-9-20(3)21(25)4)33-14-13-26(43-33)27(28(33)32(39)42)30(40)36-22-11-12-24(35)23(34)19-22/h11-14,19-21,25-29H,5-10,15-18H2,1-4H3,(H,36,40)(H,37,41)/t20-,21+,25-,26-,27-,28-,29+,33+/m1/s1. The molecule has 8 nitrogen and oxygen atoms in total. The summed E-state index contributed by atoms with van der Waals surface area (Å²) in [4.78, 5) is 46.2. The molecule has 1 saturated carbocycles. The summed E-state index contributed by atoms with van der Waals surface area (Å²) in [5, 5.41) is 6.01. The maximum absolute atomic E-state index is 14.3. The van der Waals surface area contributed by atoms with Crippen LogP contribution in [0.15, 0.2) is 30.4 Å². The van der Waals surface area contributed by atoms with Crippen LogP contribution in [0.3, 0.4) is 0 Å². The Labute approximate surface area is 259 Å². The van der Waals surface area contributed by atoms with Gasteiger partial charge < -0.3 is 25.2 Å². The van der Waals surface area contributed by atoms with E-state index in [9.17, 15) is 18.8 Å². The van der Waals surface area contributed by atoms with Crippen LogP contribution in [-0.2, 0) is 19.1 Å². The normalized spacial score (nSPS) is 32.9. The molecule has 1 aliphatic carbocycles. The third kappa shape index (κ3) is 6.09. The van der Waals surface area contributed by atoms with Crippen LogP contribution in [0.4, 0.5) is 10.1 Å². The number of benzene rings is 1. The van der Waals surface area contributed by atoms with Crippen molar-refractivity contribution in [1.82, 2.24) is 15.1 Å². The highest BCUT2D eigenvalue weighted by molar-refractivity contribution is 6.31. The topological polar surface area (TPSA) is 91.0 Å². The maximum atomic E-state index is 14.3. The van der Waals surface area contributed by atoms with E-state index in [0.29, 0.717) is 30.5 Å². The lowest BCUT2D eigenvalue weighted by atomic mass is 9.73. The third-order valence-electron chi connectivity index (χ3n) is 10.1. The van der Waals surface area contributed by atoms with Gasteiger partial charge in [0.15, 0.2) is 0 Å². The van der Waals surface area contributed by atoms with Gasteiger partial charge in [-0.2, -0.15) is 0 Å². The van der Waals surface area contributed by atoms with Gasteiger partial charge in [-0.05, 0) is 75.4 Å². The van der Waals surface area contributed by atoms with Gasteiger partial charge in [-0.1, -0.05) is 64.3 Å². The van der Waals surface area contributed by atoms with E-state index in [4.69, 9.17) is 16.3 Å². The first-order chi connectivity index (χ1) is 20.6. The molecule has 1 aromatic carbocycles. The molecule has 236 valence electrons. The lowest BCUT2D eigenvalue weighted by Crippen LogP contribution is -2.58. The zero-order valence-corrected chi connectivity index (χ0v) is 26.5. The molecule has 3 heterocycles. The Kier molecular flexibility index (Phi) is 9.83. The molecule has 1 aromatic rings. The minimum atomic E-state index is -1.22. The van der Waals surface area contributed by atoms with Crippen LogP contribution >= 0.6 is 11.6 Å². The highest BCUT2D eigenvalue weighted by Crippen LogP contribution is 2.55. The largest absolute Gasteiger partial charge is 0.359 e. The van der Waals surface area contributed by atoms with E-state index >= 15 is 0 Å². The van der Waals surface area contributed by atoms with Crippen LogP contribution in [0, 0.1) is 29.5 Å². The van der Waals surface area contributed by atoms with Gasteiger partial charge in [-0.3, -0.25) is 14.4 Å². The van der Waals surface area contributed by atoms with Gasteiger partial charge in [-0.25, -0.2) is 4.39 Å². The first-order valence-corrected chi connectivity index (χ1v) is 16.4. The molecule has 2 saturated heterocycles. The number of anilines is 1. The summed E-state index contributed by atoms with van der Waals surface area (Å²) in [6, 6.07) is 3.13. The van der Waals surface area contributed by atoms with Gasteiger partial charge in [0.25, 0.3) is 0 Å². The molecule has 2 N–H and O–H groups in total. The van der Waals surface area contributed by atoms with E-state index in [-0.39, 0.29) is 22.9 Å². The minimum absolute atomic E-state index is 0.0261. The smallest absolute Gasteiger partial charge is 0.246 e. The summed E-state index contributed by atoms with van der Waals surface area (Å²) in [6.45, 7) is 11.9. The quantitative estimate of drug-likeness (QED) is 0.322. The van der Waals surface area contributed by atoms with Crippen molar-refractivity contribution in [2.45, 2.75) is 90.0 Å². The minimum Gasteiger partial charge on any atom is -0.359 e. The molecular formula is C33H46ClFN4O4. The number of carbonyl (C=O) groups excluding carboxylic acids is 3. The van der Waals surface area contributed by atoms with Crippen LogP contribution < -0.4 is 10.6 Å².